The molecule has 0 aliphatic rings. The van der Waals surface area contributed by atoms with E-state index in [1.54, 1.807) is 0 Å². The van der Waals surface area contributed by atoms with Gasteiger partial charge in [-0.15, -0.1) is 24.8 Å². The summed E-state index contributed by atoms with van der Waals surface area (Å²) in [6, 6.07) is 0. The van der Waals surface area contributed by atoms with Gasteiger partial charge in [-0.25, -0.2) is 0 Å². The van der Waals surface area contributed by atoms with Crippen LogP contribution in [-0.4, -0.2) is 29.6 Å². The van der Waals surface area contributed by atoms with E-state index in [9.17, 15) is 0 Å². The van der Waals surface area contributed by atoms with E-state index in [-0.39, 0.29) is 82.0 Å². The van der Waals surface area contributed by atoms with Crippen LogP contribution >= 0.6 is 24.8 Å². The van der Waals surface area contributed by atoms with Crippen molar-refractivity contribution >= 4 is 54.4 Å². The van der Waals surface area contributed by atoms with Gasteiger partial charge in [0.05, 0.1) is 0 Å². The Hall–Kier alpha value is 2.52. The normalized spacial score (nSPS) is 0. The van der Waals surface area contributed by atoms with E-state index in [1.165, 1.54) is 0 Å². The molecule has 4 heavy (non-hydrogen) atoms. The molecular weight excluding hydrogens is 294 g/mol. The van der Waals surface area contributed by atoms with Crippen LogP contribution in [0.3, 0.4) is 0 Å². The Morgan fingerprint density at radius 1 is 0.750 bits per heavy atom. The Morgan fingerprint density at radius 3 is 0.750 bits per heavy atom. The molecule has 0 aromatic rings. The van der Waals surface area contributed by atoms with Gasteiger partial charge in [0.2, 0.25) is 0 Å². The van der Waals surface area contributed by atoms with Crippen molar-refractivity contribution in [3.8, 4) is 0 Å². The molecule has 20 valence electrons. The first-order valence-corrected chi connectivity index (χ1v) is 0. The molecule has 0 fully saturated rings. The molecule has 0 amide bonds. The summed E-state index contributed by atoms with van der Waals surface area (Å²) in [4.78, 5) is 0. The standard InChI is InChI=1S/2ClH.Hg.Na.H/h2*1H;;;. The topological polar surface area (TPSA) is 0 Å². The van der Waals surface area contributed by atoms with Gasteiger partial charge in [0.1, 0.15) is 0 Å². The van der Waals surface area contributed by atoms with E-state index in [4.69, 9.17) is 0 Å². The van der Waals surface area contributed by atoms with Crippen molar-refractivity contribution in [2.75, 3.05) is 0 Å². The van der Waals surface area contributed by atoms with Gasteiger partial charge in [0, 0.05) is 27.7 Å². The fraction of sp³-hybridized carbons (Fsp3) is 0. The van der Waals surface area contributed by atoms with Crippen molar-refractivity contribution in [3.05, 3.63) is 0 Å². The fourth-order valence-electron chi connectivity index (χ4n) is 0. The van der Waals surface area contributed by atoms with Crippen molar-refractivity contribution in [2.24, 2.45) is 0 Å². The van der Waals surface area contributed by atoms with Gasteiger partial charge in [0.15, 0.2) is 0 Å². The van der Waals surface area contributed by atoms with Crippen molar-refractivity contribution in [3.63, 3.8) is 0 Å². The Bertz CT molecular complexity index is 6.00. The Kier molecular flexibility index (Phi) is 139. The number of halogens is 2. The summed E-state index contributed by atoms with van der Waals surface area (Å²) in [5.41, 5.74) is 0. The van der Waals surface area contributed by atoms with E-state index < -0.39 is 0 Å². The molecular formula is H3Cl2HgNa. The minimum atomic E-state index is 0. The van der Waals surface area contributed by atoms with Gasteiger partial charge in [-0.1, -0.05) is 0 Å². The molecule has 0 saturated carbocycles. The summed E-state index contributed by atoms with van der Waals surface area (Å²) in [6.45, 7) is 0. The van der Waals surface area contributed by atoms with Crippen molar-refractivity contribution in [2.45, 2.75) is 0 Å². The Balaban J connectivity index is 0. The first kappa shape index (κ1) is 31.3. The second-order valence-electron chi connectivity index (χ2n) is 0. The third-order valence-electron chi connectivity index (χ3n) is 0. The van der Waals surface area contributed by atoms with Crippen LogP contribution < -0.4 is 0 Å². The molecule has 0 saturated heterocycles. The van der Waals surface area contributed by atoms with E-state index >= 15 is 0 Å². The van der Waals surface area contributed by atoms with Crippen LogP contribution in [0.1, 0.15) is 0 Å². The first-order valence-electron chi connectivity index (χ1n) is 0. The Labute approximate surface area is 80.7 Å². The minimum absolute atomic E-state index is 0. The van der Waals surface area contributed by atoms with Crippen LogP contribution in [-0.2, 0) is 27.7 Å². The predicted molar refractivity (Wildman–Crippen MR) is 21.6 cm³/mol. The van der Waals surface area contributed by atoms with Gasteiger partial charge in [-0.2, -0.15) is 0 Å². The molecule has 4 heteroatoms. The summed E-state index contributed by atoms with van der Waals surface area (Å²) >= 11 is 0. The summed E-state index contributed by atoms with van der Waals surface area (Å²) in [5, 5.41) is 0. The third-order valence-corrected chi connectivity index (χ3v) is 0. The SMILES string of the molecule is Cl.Cl.[Hg].[NaH]. The van der Waals surface area contributed by atoms with Crippen molar-refractivity contribution < 1.29 is 27.7 Å². The Morgan fingerprint density at radius 2 is 0.750 bits per heavy atom. The number of hydrogen-bond acceptors (Lipinski definition) is 0. The molecule has 0 aliphatic heterocycles. The molecule has 0 radical (unpaired) electrons. The van der Waals surface area contributed by atoms with E-state index in [0.29, 0.717) is 0 Å². The predicted octanol–water partition coefficient (Wildman–Crippen LogP) is 0.193. The average molecular weight is 298 g/mol. The zero-order valence-corrected chi connectivity index (χ0v) is 8.65. The van der Waals surface area contributed by atoms with Gasteiger partial charge in [-0.3, -0.25) is 0 Å². The molecule has 0 spiro atoms. The van der Waals surface area contributed by atoms with Crippen molar-refractivity contribution in [1.29, 1.82) is 0 Å². The fourth-order valence-corrected chi connectivity index (χ4v) is 0. The van der Waals surface area contributed by atoms with Crippen LogP contribution in [0.15, 0.2) is 0 Å². The maximum atomic E-state index is 0. The third kappa shape index (κ3) is 8.82. The second-order valence-corrected chi connectivity index (χ2v) is 0. The molecule has 0 heterocycles. The molecule has 0 atom stereocenters. The average Bonchev–Trinajstić information content (AvgIpc) is 0. The summed E-state index contributed by atoms with van der Waals surface area (Å²) in [6.07, 6.45) is 0. The van der Waals surface area contributed by atoms with Gasteiger partial charge in [-0.05, 0) is 0 Å². The molecule has 0 aromatic heterocycles. The molecule has 0 bridgehead atoms. The number of rotatable bonds is 0. The molecule has 0 aliphatic carbocycles. The molecule has 0 rings (SSSR count). The van der Waals surface area contributed by atoms with Crippen molar-refractivity contribution in [1.82, 2.24) is 0 Å². The summed E-state index contributed by atoms with van der Waals surface area (Å²) in [7, 11) is 0. The first-order chi connectivity index (χ1) is 0. The molecule has 0 N–H and O–H groups in total. The monoisotopic (exact) mass is 298 g/mol. The van der Waals surface area contributed by atoms with E-state index in [0.717, 1.165) is 0 Å². The maximum absolute atomic E-state index is 0. The van der Waals surface area contributed by atoms with Gasteiger partial charge < -0.3 is 0 Å². The van der Waals surface area contributed by atoms with Gasteiger partial charge >= 0.3 is 29.6 Å². The second kappa shape index (κ2) is 17.8. The van der Waals surface area contributed by atoms with Crippen LogP contribution in [0.4, 0.5) is 0 Å². The quantitative estimate of drug-likeness (QED) is 0.560. The van der Waals surface area contributed by atoms with Crippen LogP contribution in [0.5, 0.6) is 0 Å². The summed E-state index contributed by atoms with van der Waals surface area (Å²) in [5.74, 6) is 0. The van der Waals surface area contributed by atoms with Crippen LogP contribution in [0, 0.1) is 0 Å². The zero-order valence-electron chi connectivity index (χ0n) is 1.52. The summed E-state index contributed by atoms with van der Waals surface area (Å²) < 4.78 is 0. The van der Waals surface area contributed by atoms with Crippen LogP contribution in [0.2, 0.25) is 0 Å². The van der Waals surface area contributed by atoms with Crippen LogP contribution in [0.25, 0.3) is 0 Å². The van der Waals surface area contributed by atoms with E-state index in [2.05, 4.69) is 0 Å². The molecule has 0 aromatic carbocycles. The number of hydrogen-bond donors (Lipinski definition) is 0. The van der Waals surface area contributed by atoms with Gasteiger partial charge in [0.25, 0.3) is 0 Å². The molecule has 0 nitrogen and oxygen atoms in total. The zero-order chi connectivity index (χ0) is 0. The van der Waals surface area contributed by atoms with E-state index in [1.807, 2.05) is 0 Å². The molecule has 0 unspecified atom stereocenters.